The van der Waals surface area contributed by atoms with E-state index in [1.54, 1.807) is 12.3 Å². The lowest BCUT2D eigenvalue weighted by Crippen LogP contribution is -2.49. The Morgan fingerprint density at radius 3 is 2.52 bits per heavy atom. The number of carbonyl (C=O) groups is 1. The van der Waals surface area contributed by atoms with Gasteiger partial charge in [-0.3, -0.25) is 4.79 Å². The highest BCUT2D eigenvalue weighted by atomic mass is 16.2. The van der Waals surface area contributed by atoms with E-state index < -0.39 is 0 Å². The molecule has 1 N–H and O–H groups in total. The van der Waals surface area contributed by atoms with Crippen LogP contribution in [0.5, 0.6) is 0 Å². The number of hydrogen-bond acceptors (Lipinski definition) is 5. The summed E-state index contributed by atoms with van der Waals surface area (Å²) in [6, 6.07) is 22.8. The fraction of sp³-hybridized carbons (Fsp3) is 0.174. The van der Waals surface area contributed by atoms with Crippen molar-refractivity contribution in [1.82, 2.24) is 9.88 Å². The molecule has 1 aromatic heterocycles. The highest BCUT2D eigenvalue weighted by Crippen LogP contribution is 2.22. The van der Waals surface area contributed by atoms with E-state index in [9.17, 15) is 10.1 Å². The number of carbonyl (C=O) groups excluding carboxylic acids is 1. The normalized spacial score (nSPS) is 13.6. The molecule has 29 heavy (non-hydrogen) atoms. The smallest absolute Gasteiger partial charge is 0.254 e. The quantitative estimate of drug-likeness (QED) is 0.744. The molecule has 0 spiro atoms. The third-order valence-electron chi connectivity index (χ3n) is 4.98. The number of nitriles is 1. The zero-order valence-electron chi connectivity index (χ0n) is 16.0. The van der Waals surface area contributed by atoms with Gasteiger partial charge in [0.1, 0.15) is 11.9 Å². The van der Waals surface area contributed by atoms with Crippen molar-refractivity contribution < 1.29 is 4.79 Å². The van der Waals surface area contributed by atoms with E-state index in [0.717, 1.165) is 30.3 Å². The van der Waals surface area contributed by atoms with E-state index in [-0.39, 0.29) is 5.91 Å². The summed E-state index contributed by atoms with van der Waals surface area (Å²) >= 11 is 0. The molecule has 0 bridgehead atoms. The van der Waals surface area contributed by atoms with Crippen molar-refractivity contribution in [2.75, 3.05) is 36.4 Å². The van der Waals surface area contributed by atoms with Gasteiger partial charge in [0.05, 0.1) is 11.3 Å². The van der Waals surface area contributed by atoms with Gasteiger partial charge in [-0.2, -0.15) is 5.26 Å². The largest absolute Gasteiger partial charge is 0.354 e. The molecule has 2 heterocycles. The van der Waals surface area contributed by atoms with Crippen molar-refractivity contribution in [2.24, 2.45) is 0 Å². The summed E-state index contributed by atoms with van der Waals surface area (Å²) in [6.07, 6.45) is 1.79. The van der Waals surface area contributed by atoms with Gasteiger partial charge in [-0.25, -0.2) is 4.98 Å². The van der Waals surface area contributed by atoms with Crippen LogP contribution in [0.15, 0.2) is 72.9 Å². The minimum absolute atomic E-state index is 0.0166. The van der Waals surface area contributed by atoms with Crippen molar-refractivity contribution in [3.05, 3.63) is 84.1 Å². The summed E-state index contributed by atoms with van der Waals surface area (Å²) in [5.41, 5.74) is 2.71. The topological polar surface area (TPSA) is 72.3 Å². The molecule has 6 heteroatoms. The molecule has 1 fully saturated rings. The van der Waals surface area contributed by atoms with Gasteiger partial charge in [0.2, 0.25) is 0 Å². The molecule has 1 aliphatic heterocycles. The summed E-state index contributed by atoms with van der Waals surface area (Å²) in [6.45, 7) is 2.83. The fourth-order valence-corrected chi connectivity index (χ4v) is 3.44. The maximum absolute atomic E-state index is 13.0. The third kappa shape index (κ3) is 4.19. The van der Waals surface area contributed by atoms with Crippen molar-refractivity contribution in [1.29, 1.82) is 5.26 Å². The SMILES string of the molecule is N#Cc1ccccc1Nc1cccc(C(=O)N2CCN(c3ccccn3)CC2)c1. The van der Waals surface area contributed by atoms with Gasteiger partial charge in [-0.15, -0.1) is 0 Å². The lowest BCUT2D eigenvalue weighted by molar-refractivity contribution is 0.0746. The van der Waals surface area contributed by atoms with Crippen LogP contribution in [0.2, 0.25) is 0 Å². The van der Waals surface area contributed by atoms with Gasteiger partial charge in [-0.1, -0.05) is 24.3 Å². The van der Waals surface area contributed by atoms with Crippen molar-refractivity contribution in [2.45, 2.75) is 0 Å². The number of nitrogens with zero attached hydrogens (tertiary/aromatic N) is 4. The maximum atomic E-state index is 13.0. The molecule has 0 radical (unpaired) electrons. The zero-order chi connectivity index (χ0) is 20.1. The van der Waals surface area contributed by atoms with E-state index in [1.165, 1.54) is 0 Å². The Hall–Kier alpha value is -3.85. The van der Waals surface area contributed by atoms with Gasteiger partial charge in [0.25, 0.3) is 5.91 Å². The molecule has 3 aromatic rings. The first-order chi connectivity index (χ1) is 14.2. The van der Waals surface area contributed by atoms with Gasteiger partial charge >= 0.3 is 0 Å². The van der Waals surface area contributed by atoms with Crippen molar-refractivity contribution >= 4 is 23.1 Å². The molecule has 0 unspecified atom stereocenters. The minimum Gasteiger partial charge on any atom is -0.354 e. The Morgan fingerprint density at radius 1 is 0.966 bits per heavy atom. The Morgan fingerprint density at radius 2 is 1.76 bits per heavy atom. The summed E-state index contributed by atoms with van der Waals surface area (Å²) in [4.78, 5) is 21.4. The molecule has 4 rings (SSSR count). The predicted octanol–water partition coefficient (Wildman–Crippen LogP) is 3.66. The average molecular weight is 383 g/mol. The van der Waals surface area contributed by atoms with Crippen LogP contribution in [0.1, 0.15) is 15.9 Å². The highest BCUT2D eigenvalue weighted by Gasteiger charge is 2.23. The monoisotopic (exact) mass is 383 g/mol. The van der Waals surface area contributed by atoms with Crippen LogP contribution in [-0.4, -0.2) is 42.0 Å². The van der Waals surface area contributed by atoms with Crippen LogP contribution >= 0.6 is 0 Å². The van der Waals surface area contributed by atoms with Crippen LogP contribution in [0, 0.1) is 11.3 Å². The number of para-hydroxylation sites is 1. The third-order valence-corrected chi connectivity index (χ3v) is 4.98. The van der Waals surface area contributed by atoms with E-state index in [4.69, 9.17) is 0 Å². The number of aromatic nitrogens is 1. The second-order valence-electron chi connectivity index (χ2n) is 6.83. The molecule has 1 saturated heterocycles. The van der Waals surface area contributed by atoms with Crippen molar-refractivity contribution in [3.63, 3.8) is 0 Å². The number of rotatable bonds is 4. The lowest BCUT2D eigenvalue weighted by Gasteiger charge is -2.35. The van der Waals surface area contributed by atoms with E-state index in [0.29, 0.717) is 24.2 Å². The van der Waals surface area contributed by atoms with Crippen LogP contribution in [0.3, 0.4) is 0 Å². The zero-order valence-corrected chi connectivity index (χ0v) is 16.0. The molecule has 1 aliphatic rings. The Labute approximate surface area is 170 Å². The Balaban J connectivity index is 1.43. The van der Waals surface area contributed by atoms with Crippen LogP contribution < -0.4 is 10.2 Å². The molecule has 1 amide bonds. The number of benzene rings is 2. The molecular weight excluding hydrogens is 362 g/mol. The number of piperazine rings is 1. The first-order valence-electron chi connectivity index (χ1n) is 9.56. The lowest BCUT2D eigenvalue weighted by atomic mass is 10.1. The second kappa shape index (κ2) is 8.44. The standard InChI is InChI=1S/C23H21N5O/c24-17-19-6-1-2-9-21(19)26-20-8-5-7-18(16-20)23(29)28-14-12-27(13-15-28)22-10-3-4-11-25-22/h1-11,16,26H,12-15H2. The Kier molecular flexibility index (Phi) is 5.39. The van der Waals surface area contributed by atoms with Crippen LogP contribution in [-0.2, 0) is 0 Å². The molecule has 144 valence electrons. The van der Waals surface area contributed by atoms with Gasteiger partial charge in [0.15, 0.2) is 0 Å². The maximum Gasteiger partial charge on any atom is 0.254 e. The van der Waals surface area contributed by atoms with Gasteiger partial charge in [-0.05, 0) is 42.5 Å². The predicted molar refractivity (Wildman–Crippen MR) is 113 cm³/mol. The van der Waals surface area contributed by atoms with Gasteiger partial charge < -0.3 is 15.1 Å². The molecular formula is C23H21N5O. The summed E-state index contributed by atoms with van der Waals surface area (Å²) in [5, 5.41) is 12.5. The van der Waals surface area contributed by atoms with E-state index in [1.807, 2.05) is 65.6 Å². The first kappa shape index (κ1) is 18.5. The number of pyridine rings is 1. The second-order valence-corrected chi connectivity index (χ2v) is 6.83. The number of nitrogens with one attached hydrogen (secondary N) is 1. The molecule has 0 atom stereocenters. The van der Waals surface area contributed by atoms with Crippen LogP contribution in [0.4, 0.5) is 17.2 Å². The van der Waals surface area contributed by atoms with Crippen LogP contribution in [0.25, 0.3) is 0 Å². The summed E-state index contributed by atoms with van der Waals surface area (Å²) in [5.74, 6) is 0.963. The number of anilines is 3. The highest BCUT2D eigenvalue weighted by molar-refractivity contribution is 5.95. The molecule has 2 aromatic carbocycles. The molecule has 6 nitrogen and oxygen atoms in total. The Bertz CT molecular complexity index is 1040. The number of hydrogen-bond donors (Lipinski definition) is 1. The minimum atomic E-state index is 0.0166. The summed E-state index contributed by atoms with van der Waals surface area (Å²) in [7, 11) is 0. The number of amides is 1. The fourth-order valence-electron chi connectivity index (χ4n) is 3.44. The molecule has 0 saturated carbocycles. The van der Waals surface area contributed by atoms with E-state index in [2.05, 4.69) is 21.3 Å². The first-order valence-corrected chi connectivity index (χ1v) is 9.56. The van der Waals surface area contributed by atoms with Crippen molar-refractivity contribution in [3.8, 4) is 6.07 Å². The van der Waals surface area contributed by atoms with Gasteiger partial charge in [0, 0.05) is 43.6 Å². The average Bonchev–Trinajstić information content (AvgIpc) is 2.80. The summed E-state index contributed by atoms with van der Waals surface area (Å²) < 4.78 is 0. The van der Waals surface area contributed by atoms with E-state index >= 15 is 0 Å². The molecule has 0 aliphatic carbocycles.